The maximum absolute atomic E-state index is 6.73. The van der Waals surface area contributed by atoms with E-state index in [0.717, 1.165) is 38.5 Å². The summed E-state index contributed by atoms with van der Waals surface area (Å²) in [4.78, 5) is 10.4. The van der Waals surface area contributed by atoms with Crippen molar-refractivity contribution in [2.45, 2.75) is 83.4 Å². The minimum absolute atomic E-state index is 0. The Morgan fingerprint density at radius 2 is 1.47 bits per heavy atom. The number of rotatable bonds is 3. The second-order valence-electron chi connectivity index (χ2n) is 15.4. The Labute approximate surface area is 307 Å². The zero-order valence-electron chi connectivity index (χ0n) is 29.4. The summed E-state index contributed by atoms with van der Waals surface area (Å²) in [6.45, 7) is 20.4. The molecule has 248 valence electrons. The standard InChI is InChI=1S/C43H39N3OS.Pt/c1-24-17-27(39-45-43(9)41(6,7)31-13-10-11-14-32(31)42(43,8)48-39)22-28(18-24)47-36-23-35-29(21-26(36)3)30-19-25(2)20-34-37(30)46(35)38-33(40(34,4)5)15-12-16-44-38;/h10-21H,1-9H3;/q-2;+2/t42-,43+;/m0./s1. The number of hydrogen-bond donors (Lipinski definition) is 0. The Balaban J connectivity index is 0.00000348. The molecule has 4 aromatic carbocycles. The van der Waals surface area contributed by atoms with Crippen LogP contribution in [0.1, 0.15) is 86.1 Å². The van der Waals surface area contributed by atoms with Gasteiger partial charge in [0.2, 0.25) is 0 Å². The molecule has 2 aromatic heterocycles. The topological polar surface area (TPSA) is 39.4 Å². The molecule has 0 spiro atoms. The predicted octanol–water partition coefficient (Wildman–Crippen LogP) is 10.6. The van der Waals surface area contributed by atoms with Crippen LogP contribution in [-0.4, -0.2) is 20.1 Å². The maximum Gasteiger partial charge on any atom is 2.00 e. The van der Waals surface area contributed by atoms with Gasteiger partial charge < -0.3 is 14.3 Å². The third-order valence-electron chi connectivity index (χ3n) is 11.9. The van der Waals surface area contributed by atoms with E-state index in [9.17, 15) is 0 Å². The van der Waals surface area contributed by atoms with Gasteiger partial charge in [0.15, 0.2) is 0 Å². The van der Waals surface area contributed by atoms with Crippen LogP contribution < -0.4 is 4.74 Å². The van der Waals surface area contributed by atoms with Gasteiger partial charge in [0, 0.05) is 44.6 Å². The largest absolute Gasteiger partial charge is 2.00 e. The van der Waals surface area contributed by atoms with Gasteiger partial charge in [-0.25, -0.2) is 4.98 Å². The Morgan fingerprint density at radius 1 is 0.755 bits per heavy atom. The normalized spacial score (nSPS) is 22.3. The summed E-state index contributed by atoms with van der Waals surface area (Å²) in [5.74, 6) is 2.33. The fourth-order valence-electron chi connectivity index (χ4n) is 8.81. The van der Waals surface area contributed by atoms with Crippen molar-refractivity contribution in [1.29, 1.82) is 0 Å². The first kappa shape index (κ1) is 32.5. The van der Waals surface area contributed by atoms with Crippen molar-refractivity contribution >= 4 is 38.6 Å². The summed E-state index contributed by atoms with van der Waals surface area (Å²) in [6, 6.07) is 31.6. The van der Waals surface area contributed by atoms with Crippen molar-refractivity contribution < 1.29 is 25.8 Å². The molecule has 49 heavy (non-hydrogen) atoms. The third kappa shape index (κ3) is 4.15. The Bertz CT molecular complexity index is 2440. The quantitative estimate of drug-likeness (QED) is 0.167. The number of pyridine rings is 1. The molecule has 4 nitrogen and oxygen atoms in total. The molecule has 0 N–H and O–H groups in total. The first-order valence-corrected chi connectivity index (χ1v) is 17.7. The van der Waals surface area contributed by atoms with E-state index in [1.807, 2.05) is 24.0 Å². The summed E-state index contributed by atoms with van der Waals surface area (Å²) in [7, 11) is 0. The van der Waals surface area contributed by atoms with Crippen molar-refractivity contribution in [3.8, 4) is 17.3 Å². The van der Waals surface area contributed by atoms with Crippen LogP contribution in [0.3, 0.4) is 0 Å². The number of ether oxygens (including phenoxy) is 1. The van der Waals surface area contributed by atoms with E-state index in [1.165, 1.54) is 38.7 Å². The van der Waals surface area contributed by atoms with Crippen molar-refractivity contribution in [1.82, 2.24) is 9.55 Å². The van der Waals surface area contributed by atoms with Gasteiger partial charge in [0.1, 0.15) is 5.82 Å². The van der Waals surface area contributed by atoms with Crippen LogP contribution in [0.15, 0.2) is 77.9 Å². The summed E-state index contributed by atoms with van der Waals surface area (Å²) in [6.07, 6.45) is 1.89. The molecule has 3 aliphatic rings. The van der Waals surface area contributed by atoms with Crippen LogP contribution in [0.4, 0.5) is 0 Å². The van der Waals surface area contributed by atoms with Crippen LogP contribution in [0.25, 0.3) is 27.6 Å². The number of aromatic nitrogens is 2. The van der Waals surface area contributed by atoms with Crippen LogP contribution >= 0.6 is 11.8 Å². The molecule has 2 atom stereocenters. The van der Waals surface area contributed by atoms with E-state index in [4.69, 9.17) is 14.7 Å². The Morgan fingerprint density at radius 3 is 2.24 bits per heavy atom. The molecule has 0 saturated carbocycles. The molecule has 6 heteroatoms. The molecule has 1 aliphatic carbocycles. The Kier molecular flexibility index (Phi) is 6.93. The second-order valence-corrected chi connectivity index (χ2v) is 16.8. The number of nitrogens with zero attached hydrogens (tertiary/aromatic N) is 3. The van der Waals surface area contributed by atoms with Crippen LogP contribution in [0.5, 0.6) is 11.5 Å². The zero-order chi connectivity index (χ0) is 33.5. The summed E-state index contributed by atoms with van der Waals surface area (Å²) in [5.41, 5.74) is 11.3. The zero-order valence-corrected chi connectivity index (χ0v) is 32.5. The van der Waals surface area contributed by atoms with Gasteiger partial charge in [-0.15, -0.1) is 46.0 Å². The van der Waals surface area contributed by atoms with E-state index in [1.54, 1.807) is 0 Å². The maximum atomic E-state index is 6.73. The van der Waals surface area contributed by atoms with E-state index in [-0.39, 0.29) is 42.2 Å². The second kappa shape index (κ2) is 10.4. The summed E-state index contributed by atoms with van der Waals surface area (Å²) in [5, 5.41) is 3.41. The average Bonchev–Trinajstić information content (AvgIpc) is 3.55. The van der Waals surface area contributed by atoms with Gasteiger partial charge in [0.25, 0.3) is 0 Å². The van der Waals surface area contributed by atoms with Gasteiger partial charge in [-0.3, -0.25) is 0 Å². The van der Waals surface area contributed by atoms with Crippen LogP contribution in [-0.2, 0) is 36.6 Å². The van der Waals surface area contributed by atoms with E-state index < -0.39 is 0 Å². The number of thioether (sulfide) groups is 1. The third-order valence-corrected chi connectivity index (χ3v) is 13.4. The molecule has 9 rings (SSSR count). The molecule has 6 aromatic rings. The van der Waals surface area contributed by atoms with E-state index in [2.05, 4.69) is 140 Å². The average molecular weight is 841 g/mol. The van der Waals surface area contributed by atoms with Crippen molar-refractivity contribution in [2.75, 3.05) is 0 Å². The minimum atomic E-state index is -0.299. The van der Waals surface area contributed by atoms with E-state index in [0.29, 0.717) is 11.5 Å². The molecule has 2 aliphatic heterocycles. The van der Waals surface area contributed by atoms with Crippen molar-refractivity contribution in [3.63, 3.8) is 0 Å². The number of fused-ring (bicyclic) bond motifs is 8. The fourth-order valence-corrected chi connectivity index (χ4v) is 10.4. The molecule has 0 amide bonds. The van der Waals surface area contributed by atoms with Crippen molar-refractivity contribution in [2.24, 2.45) is 4.99 Å². The van der Waals surface area contributed by atoms with Crippen LogP contribution in [0, 0.1) is 32.9 Å². The molecule has 0 radical (unpaired) electrons. The van der Waals surface area contributed by atoms with Gasteiger partial charge in [0.05, 0.1) is 10.3 Å². The number of aryl methyl sites for hydroxylation is 3. The minimum Gasteiger partial charge on any atom is -0.503 e. The monoisotopic (exact) mass is 840 g/mol. The van der Waals surface area contributed by atoms with Gasteiger partial charge in [-0.05, 0) is 48.9 Å². The first-order valence-electron chi connectivity index (χ1n) is 16.8. The Hall–Kier alpha value is -3.66. The van der Waals surface area contributed by atoms with Crippen LogP contribution in [0.2, 0.25) is 0 Å². The smallest absolute Gasteiger partial charge is 0.503 e. The first-order chi connectivity index (χ1) is 22.7. The molecular weight excluding hydrogens is 802 g/mol. The fraction of sp³-hybridized carbons (Fsp3) is 0.302. The van der Waals surface area contributed by atoms with Gasteiger partial charge in [-0.1, -0.05) is 107 Å². The molecule has 4 heterocycles. The summed E-state index contributed by atoms with van der Waals surface area (Å²) >= 11 is 1.86. The molecule has 0 saturated heterocycles. The van der Waals surface area contributed by atoms with E-state index >= 15 is 0 Å². The molecule has 0 bridgehead atoms. The SMILES string of the molecule is Cc1cc(Oc2[c-]c3c(cc2C)c2cc(C)cc4c2n3-c2ncccc2C4(C)C)[c-]c(C2=N[C@]3(C)C(C)(C)c4ccccc4[C@]3(C)S2)c1.[Pt+2]. The predicted molar refractivity (Wildman–Crippen MR) is 198 cm³/mol. The molecule has 0 unspecified atom stereocenters. The van der Waals surface area contributed by atoms with Gasteiger partial charge >= 0.3 is 21.1 Å². The summed E-state index contributed by atoms with van der Waals surface area (Å²) < 4.78 is 8.84. The van der Waals surface area contributed by atoms with Gasteiger partial charge in [-0.2, -0.15) is 6.07 Å². The molecule has 0 fully saturated rings. The number of benzene rings is 4. The number of aliphatic imine (C=N–C) groups is 1. The van der Waals surface area contributed by atoms with Crippen molar-refractivity contribution in [3.05, 3.63) is 130 Å². The molecular formula is C43H39N3OPtS. The number of hydrogen-bond acceptors (Lipinski definition) is 4.